The lowest BCUT2D eigenvalue weighted by molar-refractivity contribution is 0.0696. The van der Waals surface area contributed by atoms with Gasteiger partial charge < -0.3 is 10.4 Å². The Labute approximate surface area is 146 Å². The number of carbonyl (C=O) groups is 2. The summed E-state index contributed by atoms with van der Waals surface area (Å²) in [5.41, 5.74) is 0.474. The van der Waals surface area contributed by atoms with Crippen LogP contribution >= 0.6 is 0 Å². The zero-order valence-electron chi connectivity index (χ0n) is 13.3. The van der Waals surface area contributed by atoms with Crippen LogP contribution in [0.2, 0.25) is 0 Å². The third-order valence-corrected chi connectivity index (χ3v) is 3.63. The number of amides is 1. The number of hydrogen-bond donors (Lipinski definition) is 2. The number of nitrogens with one attached hydrogen (secondary N) is 1. The molecule has 132 valence electrons. The summed E-state index contributed by atoms with van der Waals surface area (Å²) in [4.78, 5) is 23.1. The van der Waals surface area contributed by atoms with Crippen LogP contribution in [-0.2, 0) is 6.54 Å². The molecule has 0 unspecified atom stereocenters. The van der Waals surface area contributed by atoms with Crippen molar-refractivity contribution >= 4 is 11.9 Å². The van der Waals surface area contributed by atoms with Gasteiger partial charge in [0.25, 0.3) is 5.91 Å². The van der Waals surface area contributed by atoms with Crippen LogP contribution < -0.4 is 5.32 Å². The molecule has 26 heavy (non-hydrogen) atoms. The fourth-order valence-electron chi connectivity index (χ4n) is 2.32. The monoisotopic (exact) mass is 357 g/mol. The molecule has 2 N–H and O–H groups in total. The Kier molecular flexibility index (Phi) is 4.74. The van der Waals surface area contributed by atoms with Crippen molar-refractivity contribution < 1.29 is 23.5 Å². The molecule has 3 rings (SSSR count). The molecule has 1 aromatic heterocycles. The number of carboxylic acid groups (broad SMARTS) is 1. The van der Waals surface area contributed by atoms with Gasteiger partial charge in [-0.3, -0.25) is 4.79 Å². The quantitative estimate of drug-likeness (QED) is 0.735. The van der Waals surface area contributed by atoms with Gasteiger partial charge in [-0.25, -0.2) is 18.3 Å². The number of rotatable bonds is 5. The van der Waals surface area contributed by atoms with E-state index < -0.39 is 23.5 Å². The smallest absolute Gasteiger partial charge is 0.335 e. The summed E-state index contributed by atoms with van der Waals surface area (Å²) < 4.78 is 28.3. The predicted molar refractivity (Wildman–Crippen MR) is 88.1 cm³/mol. The summed E-state index contributed by atoms with van der Waals surface area (Å²) in [6.45, 7) is -0.196. The molecule has 0 saturated heterocycles. The van der Waals surface area contributed by atoms with Gasteiger partial charge in [-0.05, 0) is 42.5 Å². The number of halogens is 2. The number of hydrogen-bond acceptors (Lipinski definition) is 3. The van der Waals surface area contributed by atoms with Crippen LogP contribution in [0.1, 0.15) is 26.4 Å². The lowest BCUT2D eigenvalue weighted by Crippen LogP contribution is -2.24. The zero-order chi connectivity index (χ0) is 18.7. The van der Waals surface area contributed by atoms with Crippen LogP contribution in [0.5, 0.6) is 0 Å². The molecule has 0 atom stereocenters. The van der Waals surface area contributed by atoms with Crippen LogP contribution in [0.3, 0.4) is 0 Å². The van der Waals surface area contributed by atoms with Crippen molar-refractivity contribution in [1.29, 1.82) is 0 Å². The molecule has 0 bridgehead atoms. The first-order valence-corrected chi connectivity index (χ1v) is 7.55. The van der Waals surface area contributed by atoms with E-state index in [-0.39, 0.29) is 23.4 Å². The number of benzene rings is 2. The number of carboxylic acids is 1. The molecule has 0 spiro atoms. The van der Waals surface area contributed by atoms with Crippen LogP contribution in [0, 0.1) is 11.6 Å². The standard InChI is InChI=1S/C18H13F2N3O3/c19-13-2-1-3-14(9-13)23-7-6-16(22-23)17(24)21-10-12-8-11(18(25)26)4-5-15(12)20/h1-9H,10H2,(H,21,24)(H,25,26). The molecule has 0 aliphatic carbocycles. The van der Waals surface area contributed by atoms with Gasteiger partial charge in [0.2, 0.25) is 0 Å². The minimum absolute atomic E-state index is 0.0443. The Morgan fingerprint density at radius 2 is 1.92 bits per heavy atom. The van der Waals surface area contributed by atoms with E-state index >= 15 is 0 Å². The SMILES string of the molecule is O=C(O)c1ccc(F)c(CNC(=O)c2ccn(-c3cccc(F)c3)n2)c1. The summed E-state index contributed by atoms with van der Waals surface area (Å²) in [6.07, 6.45) is 1.50. The van der Waals surface area contributed by atoms with E-state index in [4.69, 9.17) is 5.11 Å². The van der Waals surface area contributed by atoms with Gasteiger partial charge in [0, 0.05) is 18.3 Å². The zero-order valence-corrected chi connectivity index (χ0v) is 13.3. The van der Waals surface area contributed by atoms with Crippen molar-refractivity contribution in [3.63, 3.8) is 0 Å². The van der Waals surface area contributed by atoms with E-state index in [1.165, 1.54) is 35.1 Å². The number of carbonyl (C=O) groups excluding carboxylic acids is 1. The lowest BCUT2D eigenvalue weighted by atomic mass is 10.1. The van der Waals surface area contributed by atoms with Crippen LogP contribution in [0.25, 0.3) is 5.69 Å². The highest BCUT2D eigenvalue weighted by Gasteiger charge is 2.13. The molecular weight excluding hydrogens is 344 g/mol. The topological polar surface area (TPSA) is 84.2 Å². The normalized spacial score (nSPS) is 10.5. The van der Waals surface area contributed by atoms with Gasteiger partial charge in [-0.2, -0.15) is 5.10 Å². The van der Waals surface area contributed by atoms with Gasteiger partial charge in [0.1, 0.15) is 11.6 Å². The second-order valence-electron chi connectivity index (χ2n) is 5.42. The van der Waals surface area contributed by atoms with Crippen molar-refractivity contribution in [3.8, 4) is 5.69 Å². The Morgan fingerprint density at radius 1 is 1.12 bits per heavy atom. The van der Waals surface area contributed by atoms with Crippen LogP contribution in [-0.4, -0.2) is 26.8 Å². The van der Waals surface area contributed by atoms with Crippen LogP contribution in [0.4, 0.5) is 8.78 Å². The molecular formula is C18H13F2N3O3. The molecule has 0 fully saturated rings. The largest absolute Gasteiger partial charge is 0.478 e. The second kappa shape index (κ2) is 7.14. The second-order valence-corrected chi connectivity index (χ2v) is 5.42. The molecule has 0 aliphatic rings. The maximum absolute atomic E-state index is 13.7. The summed E-state index contributed by atoms with van der Waals surface area (Å²) >= 11 is 0. The first kappa shape index (κ1) is 17.3. The number of aromatic nitrogens is 2. The number of nitrogens with zero attached hydrogens (tertiary/aromatic N) is 2. The minimum Gasteiger partial charge on any atom is -0.478 e. The van der Waals surface area contributed by atoms with Crippen molar-refractivity contribution in [2.75, 3.05) is 0 Å². The molecule has 8 heteroatoms. The first-order chi connectivity index (χ1) is 12.4. The molecule has 3 aromatic rings. The summed E-state index contributed by atoms with van der Waals surface area (Å²) in [6, 6.07) is 10.5. The van der Waals surface area contributed by atoms with Crippen molar-refractivity contribution in [3.05, 3.63) is 83.2 Å². The van der Waals surface area contributed by atoms with E-state index in [0.717, 1.165) is 18.2 Å². The van der Waals surface area contributed by atoms with Crippen molar-refractivity contribution in [2.45, 2.75) is 6.54 Å². The highest BCUT2D eigenvalue weighted by molar-refractivity contribution is 5.92. The van der Waals surface area contributed by atoms with Gasteiger partial charge in [0.15, 0.2) is 5.69 Å². The summed E-state index contributed by atoms with van der Waals surface area (Å²) in [5.74, 6) is -2.81. The van der Waals surface area contributed by atoms with Crippen molar-refractivity contribution in [1.82, 2.24) is 15.1 Å². The fraction of sp³-hybridized carbons (Fsp3) is 0.0556. The van der Waals surface area contributed by atoms with E-state index in [1.807, 2.05) is 0 Å². The van der Waals surface area contributed by atoms with Gasteiger partial charge in [-0.15, -0.1) is 0 Å². The predicted octanol–water partition coefficient (Wildman–Crippen LogP) is 2.78. The minimum atomic E-state index is -1.19. The number of aromatic carboxylic acids is 1. The van der Waals surface area contributed by atoms with E-state index in [1.54, 1.807) is 6.07 Å². The first-order valence-electron chi connectivity index (χ1n) is 7.55. The van der Waals surface area contributed by atoms with Crippen LogP contribution in [0.15, 0.2) is 54.7 Å². The molecule has 0 saturated carbocycles. The average molecular weight is 357 g/mol. The van der Waals surface area contributed by atoms with E-state index in [9.17, 15) is 18.4 Å². The molecule has 6 nitrogen and oxygen atoms in total. The Balaban J connectivity index is 1.72. The maximum Gasteiger partial charge on any atom is 0.335 e. The highest BCUT2D eigenvalue weighted by Crippen LogP contribution is 2.12. The Morgan fingerprint density at radius 3 is 2.65 bits per heavy atom. The molecule has 1 heterocycles. The lowest BCUT2D eigenvalue weighted by Gasteiger charge is -2.06. The van der Waals surface area contributed by atoms with Gasteiger partial charge in [-0.1, -0.05) is 6.07 Å². The molecule has 0 radical (unpaired) electrons. The molecule has 1 amide bonds. The highest BCUT2D eigenvalue weighted by atomic mass is 19.1. The van der Waals surface area contributed by atoms with E-state index in [2.05, 4.69) is 10.4 Å². The van der Waals surface area contributed by atoms with Gasteiger partial charge in [0.05, 0.1) is 11.3 Å². The van der Waals surface area contributed by atoms with Gasteiger partial charge >= 0.3 is 5.97 Å². The maximum atomic E-state index is 13.7. The molecule has 2 aromatic carbocycles. The third-order valence-electron chi connectivity index (χ3n) is 3.63. The Hall–Kier alpha value is -3.55. The molecule has 0 aliphatic heterocycles. The van der Waals surface area contributed by atoms with E-state index in [0.29, 0.717) is 5.69 Å². The van der Waals surface area contributed by atoms with Crippen molar-refractivity contribution in [2.24, 2.45) is 0 Å². The summed E-state index contributed by atoms with van der Waals surface area (Å²) in [7, 11) is 0. The summed E-state index contributed by atoms with van der Waals surface area (Å²) in [5, 5.41) is 15.5. The fourth-order valence-corrected chi connectivity index (χ4v) is 2.32. The third kappa shape index (κ3) is 3.75. The Bertz CT molecular complexity index is 985. The average Bonchev–Trinajstić information content (AvgIpc) is 3.11.